The molecule has 0 saturated carbocycles. The average molecular weight is 300 g/mol. The van der Waals surface area contributed by atoms with Gasteiger partial charge in [-0.1, -0.05) is 0 Å². The summed E-state index contributed by atoms with van der Waals surface area (Å²) < 4.78 is 6.61. The van der Waals surface area contributed by atoms with Crippen LogP contribution in [0.15, 0.2) is 0 Å². The molecule has 0 aliphatic carbocycles. The Kier molecular flexibility index (Phi) is 4.93. The molecule has 0 aromatic rings. The Morgan fingerprint density at radius 2 is 2.23 bits per heavy atom. The third kappa shape index (κ3) is 3.34. The topological polar surface area (TPSA) is 41.5 Å². The molecule has 3 nitrogen and oxygen atoms in total. The van der Waals surface area contributed by atoms with Gasteiger partial charge in [0.05, 0.1) is 0 Å². The summed E-state index contributed by atoms with van der Waals surface area (Å²) in [5.41, 5.74) is 0. The van der Waals surface area contributed by atoms with Gasteiger partial charge in [0.25, 0.3) is 0 Å². The molecule has 0 amide bonds. The van der Waals surface area contributed by atoms with Crippen LogP contribution < -0.4 is 26.5 Å². The third-order valence-electron chi connectivity index (χ3n) is 2.40. The van der Waals surface area contributed by atoms with Crippen molar-refractivity contribution in [2.45, 2.75) is 44.6 Å². The van der Waals surface area contributed by atoms with Crippen LogP contribution in [-0.2, 0) is 4.74 Å². The standard InChI is InChI=1S/C9H19INO2/c1-6-4-8(11-5-10-3)9(12)7(2)13-6/h6-9,11-12H,4-5H2,1-3H3/q-1. The van der Waals surface area contributed by atoms with E-state index in [9.17, 15) is 5.11 Å². The van der Waals surface area contributed by atoms with Crippen LogP contribution in [0.5, 0.6) is 0 Å². The predicted octanol–water partition coefficient (Wildman–Crippen LogP) is -2.82. The van der Waals surface area contributed by atoms with Gasteiger partial charge in [-0.25, -0.2) is 0 Å². The van der Waals surface area contributed by atoms with Gasteiger partial charge < -0.3 is 0 Å². The zero-order chi connectivity index (χ0) is 9.84. The first kappa shape index (κ1) is 11.7. The van der Waals surface area contributed by atoms with Crippen LogP contribution in [0.25, 0.3) is 0 Å². The van der Waals surface area contributed by atoms with Gasteiger partial charge in [0.2, 0.25) is 0 Å². The number of alkyl halides is 2. The van der Waals surface area contributed by atoms with E-state index in [1.165, 1.54) is 0 Å². The molecule has 0 aromatic carbocycles. The van der Waals surface area contributed by atoms with Crippen molar-refractivity contribution in [3.63, 3.8) is 0 Å². The van der Waals surface area contributed by atoms with Crippen LogP contribution in [0, 0.1) is 0 Å². The fourth-order valence-electron chi connectivity index (χ4n) is 1.71. The van der Waals surface area contributed by atoms with Crippen LogP contribution in [-0.4, -0.2) is 38.9 Å². The maximum atomic E-state index is 9.81. The minimum atomic E-state index is -0.341. The summed E-state index contributed by atoms with van der Waals surface area (Å²) in [6, 6.07) is 0.235. The molecule has 4 atom stereocenters. The van der Waals surface area contributed by atoms with E-state index in [0.717, 1.165) is 11.0 Å². The monoisotopic (exact) mass is 300 g/mol. The Morgan fingerprint density at radius 1 is 1.54 bits per heavy atom. The molecule has 2 N–H and O–H groups in total. The number of hydrogen-bond acceptors (Lipinski definition) is 3. The van der Waals surface area contributed by atoms with Crippen LogP contribution in [0.4, 0.5) is 0 Å². The van der Waals surface area contributed by atoms with Gasteiger partial charge in [0.1, 0.15) is 0 Å². The maximum absolute atomic E-state index is 9.81. The molecule has 0 spiro atoms. The number of halogens is 1. The molecule has 1 rings (SSSR count). The van der Waals surface area contributed by atoms with Gasteiger partial charge in [-0.15, -0.1) is 0 Å². The van der Waals surface area contributed by atoms with Crippen LogP contribution in [0.3, 0.4) is 0 Å². The van der Waals surface area contributed by atoms with Crippen molar-refractivity contribution >= 4 is 0 Å². The molecule has 1 saturated heterocycles. The molecule has 13 heavy (non-hydrogen) atoms. The van der Waals surface area contributed by atoms with Crippen molar-refractivity contribution in [2.24, 2.45) is 0 Å². The van der Waals surface area contributed by atoms with Gasteiger partial charge in [-0.3, -0.25) is 0 Å². The predicted molar refractivity (Wildman–Crippen MR) is 48.3 cm³/mol. The number of hydrogen-bond donors (Lipinski definition) is 2. The number of aliphatic hydroxyl groups is 1. The zero-order valence-corrected chi connectivity index (χ0v) is 10.6. The second-order valence-electron chi connectivity index (χ2n) is 3.59. The van der Waals surface area contributed by atoms with E-state index in [1.807, 2.05) is 6.92 Å². The van der Waals surface area contributed by atoms with E-state index in [1.54, 1.807) is 0 Å². The van der Waals surface area contributed by atoms with Gasteiger partial charge in [-0.05, 0) is 0 Å². The average Bonchev–Trinajstić information content (AvgIpc) is 2.09. The molecule has 0 aromatic heterocycles. The number of aliphatic hydroxyl groups excluding tert-OH is 1. The summed E-state index contributed by atoms with van der Waals surface area (Å²) in [5, 5.41) is 13.2. The molecule has 1 aliphatic rings. The van der Waals surface area contributed by atoms with Crippen LogP contribution >= 0.6 is 0 Å². The van der Waals surface area contributed by atoms with Crippen LogP contribution in [0.2, 0.25) is 0 Å². The minimum absolute atomic E-state index is 0.0312. The Hall–Kier alpha value is 0.610. The molecule has 1 fully saturated rings. The van der Waals surface area contributed by atoms with E-state index >= 15 is 0 Å². The summed E-state index contributed by atoms with van der Waals surface area (Å²) in [6.45, 7) is 4.01. The Morgan fingerprint density at radius 3 is 2.85 bits per heavy atom. The fourth-order valence-corrected chi connectivity index (χ4v) is 2.71. The molecule has 4 unspecified atom stereocenters. The van der Waals surface area contributed by atoms with Crippen molar-refractivity contribution in [3.05, 3.63) is 0 Å². The van der Waals surface area contributed by atoms with Crippen molar-refractivity contribution < 1.29 is 31.0 Å². The molecule has 0 radical (unpaired) electrons. The number of ether oxygens (including phenoxy) is 1. The fraction of sp³-hybridized carbons (Fsp3) is 1.00. The molecular weight excluding hydrogens is 281 g/mol. The van der Waals surface area contributed by atoms with E-state index in [0.29, 0.717) is 0 Å². The zero-order valence-electron chi connectivity index (χ0n) is 8.46. The summed E-state index contributed by atoms with van der Waals surface area (Å²) in [7, 11) is 0. The van der Waals surface area contributed by atoms with Crippen LogP contribution in [0.1, 0.15) is 20.3 Å². The summed E-state index contributed by atoms with van der Waals surface area (Å²) in [4.78, 5) is 2.24. The van der Waals surface area contributed by atoms with E-state index in [-0.39, 0.29) is 45.6 Å². The van der Waals surface area contributed by atoms with Gasteiger partial charge in [0, 0.05) is 0 Å². The van der Waals surface area contributed by atoms with Gasteiger partial charge in [0.15, 0.2) is 0 Å². The van der Waals surface area contributed by atoms with E-state index < -0.39 is 0 Å². The molecule has 0 bridgehead atoms. The quantitative estimate of drug-likeness (QED) is 0.336. The summed E-state index contributed by atoms with van der Waals surface area (Å²) in [5.74, 6) is 0. The third-order valence-corrected chi connectivity index (χ3v) is 3.60. The van der Waals surface area contributed by atoms with Crippen molar-refractivity contribution in [1.29, 1.82) is 0 Å². The second kappa shape index (κ2) is 5.48. The van der Waals surface area contributed by atoms with Gasteiger partial charge in [-0.2, -0.15) is 0 Å². The normalized spacial score (nSPS) is 40.9. The first-order chi connectivity index (χ1) is 6.15. The second-order valence-corrected chi connectivity index (χ2v) is 5.88. The Bertz CT molecular complexity index is 157. The Balaban J connectivity index is 2.41. The first-order valence-electron chi connectivity index (χ1n) is 4.65. The summed E-state index contributed by atoms with van der Waals surface area (Å²) >= 11 is 0.269. The first-order valence-corrected chi connectivity index (χ1v) is 8.34. The molecule has 1 heterocycles. The molecule has 4 heteroatoms. The van der Waals surface area contributed by atoms with Gasteiger partial charge >= 0.3 is 90.5 Å². The molecule has 80 valence electrons. The van der Waals surface area contributed by atoms with Crippen molar-refractivity contribution in [3.8, 4) is 0 Å². The SMILES string of the molecule is C[I-]CNC1CC(C)OC(C)C1O. The van der Waals surface area contributed by atoms with Crippen molar-refractivity contribution in [2.75, 3.05) is 9.48 Å². The Labute approximate surface area is 90.5 Å². The van der Waals surface area contributed by atoms with Crippen molar-refractivity contribution in [1.82, 2.24) is 5.32 Å². The molecular formula is C9H19INO2-. The summed E-state index contributed by atoms with van der Waals surface area (Å²) in [6.07, 6.45) is 0.823. The van der Waals surface area contributed by atoms with E-state index in [4.69, 9.17) is 4.74 Å². The molecule has 1 aliphatic heterocycles. The number of rotatable bonds is 3. The van der Waals surface area contributed by atoms with E-state index in [2.05, 4.69) is 17.2 Å². The number of nitrogens with one attached hydrogen (secondary N) is 1.